The van der Waals surface area contributed by atoms with Crippen molar-refractivity contribution in [2.24, 2.45) is 0 Å². The molecule has 0 atom stereocenters. The van der Waals surface area contributed by atoms with Crippen LogP contribution in [0.25, 0.3) is 10.2 Å². The predicted octanol–water partition coefficient (Wildman–Crippen LogP) is 2.03. The Hall–Kier alpha value is -2.48. The summed E-state index contributed by atoms with van der Waals surface area (Å²) >= 11 is 1.31. The molecule has 1 aliphatic carbocycles. The first-order valence-electron chi connectivity index (χ1n) is 7.91. The van der Waals surface area contributed by atoms with E-state index in [1.165, 1.54) is 22.6 Å². The number of hydrogen-bond donors (Lipinski definition) is 3. The van der Waals surface area contributed by atoms with Crippen molar-refractivity contribution in [3.8, 4) is 0 Å². The maximum absolute atomic E-state index is 12.6. The van der Waals surface area contributed by atoms with Crippen LogP contribution in [-0.4, -0.2) is 26.1 Å². The van der Waals surface area contributed by atoms with Crippen molar-refractivity contribution in [3.63, 3.8) is 0 Å². The largest absolute Gasteiger partial charge is 0.397 e. The molecule has 0 fully saturated rings. The third-order valence-corrected chi connectivity index (χ3v) is 5.49. The Bertz CT molecular complexity index is 957. The summed E-state index contributed by atoms with van der Waals surface area (Å²) in [4.78, 5) is 22.5. The average Bonchev–Trinajstić information content (AvgIpc) is 3.19. The van der Waals surface area contributed by atoms with E-state index in [-0.39, 0.29) is 5.91 Å². The Morgan fingerprint density at radius 1 is 1.33 bits per heavy atom. The summed E-state index contributed by atoms with van der Waals surface area (Å²) in [7, 11) is 0. The number of rotatable bonds is 3. The maximum Gasteiger partial charge on any atom is 0.263 e. The standard InChI is InChI=1S/C16H18N6OS/c1-7-12-13(17)14(24-16(12)20-8(2)19-7)15(23)18-6-11-9-4-3-5-10(9)21-22-11/h3-6,17H2,1-2H3,(H,18,23)(H,21,22). The number of carbonyl (C=O) groups excluding carboxylic acids is 1. The molecule has 7 nitrogen and oxygen atoms in total. The number of aromatic nitrogens is 4. The van der Waals surface area contributed by atoms with Crippen LogP contribution in [-0.2, 0) is 19.4 Å². The minimum atomic E-state index is -0.192. The molecule has 24 heavy (non-hydrogen) atoms. The molecule has 0 aliphatic heterocycles. The van der Waals surface area contributed by atoms with E-state index in [0.717, 1.165) is 40.9 Å². The molecule has 0 bridgehead atoms. The first kappa shape index (κ1) is 15.1. The predicted molar refractivity (Wildman–Crippen MR) is 93.1 cm³/mol. The molecule has 0 unspecified atom stereocenters. The summed E-state index contributed by atoms with van der Waals surface area (Å²) in [5, 5.41) is 11.1. The van der Waals surface area contributed by atoms with E-state index >= 15 is 0 Å². The number of fused-ring (bicyclic) bond motifs is 2. The Balaban J connectivity index is 1.59. The summed E-state index contributed by atoms with van der Waals surface area (Å²) in [5.41, 5.74) is 10.8. The van der Waals surface area contributed by atoms with E-state index in [1.807, 2.05) is 13.8 Å². The average molecular weight is 342 g/mol. The molecule has 1 amide bonds. The zero-order chi connectivity index (χ0) is 16.8. The molecule has 8 heteroatoms. The quantitative estimate of drug-likeness (QED) is 0.675. The number of aromatic amines is 1. The van der Waals surface area contributed by atoms with Gasteiger partial charge in [-0.1, -0.05) is 0 Å². The Labute approximate surface area is 142 Å². The van der Waals surface area contributed by atoms with Gasteiger partial charge in [-0.15, -0.1) is 11.3 Å². The van der Waals surface area contributed by atoms with Gasteiger partial charge in [-0.2, -0.15) is 5.10 Å². The lowest BCUT2D eigenvalue weighted by Crippen LogP contribution is -2.23. The SMILES string of the molecule is Cc1nc(C)c2c(N)c(C(=O)NCc3n[nH]c4c3CCC4)sc2n1. The number of aryl methyl sites for hydroxylation is 3. The van der Waals surface area contributed by atoms with Crippen LogP contribution in [0, 0.1) is 13.8 Å². The van der Waals surface area contributed by atoms with E-state index in [2.05, 4.69) is 25.5 Å². The van der Waals surface area contributed by atoms with Gasteiger partial charge in [-0.3, -0.25) is 9.89 Å². The second-order valence-electron chi connectivity index (χ2n) is 6.04. The van der Waals surface area contributed by atoms with Crippen LogP contribution in [0.2, 0.25) is 0 Å². The minimum Gasteiger partial charge on any atom is -0.397 e. The monoisotopic (exact) mass is 342 g/mol. The molecule has 0 saturated heterocycles. The fraction of sp³-hybridized carbons (Fsp3) is 0.375. The second-order valence-corrected chi connectivity index (χ2v) is 7.04. The molecule has 1 aliphatic rings. The van der Waals surface area contributed by atoms with E-state index in [0.29, 0.717) is 22.9 Å². The van der Waals surface area contributed by atoms with Gasteiger partial charge >= 0.3 is 0 Å². The van der Waals surface area contributed by atoms with Crippen molar-refractivity contribution in [1.82, 2.24) is 25.5 Å². The Kier molecular flexibility index (Phi) is 3.49. The van der Waals surface area contributed by atoms with Crippen molar-refractivity contribution in [2.75, 3.05) is 5.73 Å². The minimum absolute atomic E-state index is 0.192. The molecule has 4 rings (SSSR count). The number of carbonyl (C=O) groups is 1. The molecule has 0 saturated carbocycles. The van der Waals surface area contributed by atoms with Gasteiger partial charge in [-0.05, 0) is 38.7 Å². The van der Waals surface area contributed by atoms with Crippen molar-refractivity contribution in [3.05, 3.63) is 33.3 Å². The molecule has 3 aromatic rings. The van der Waals surface area contributed by atoms with Crippen LogP contribution < -0.4 is 11.1 Å². The number of anilines is 1. The lowest BCUT2D eigenvalue weighted by Gasteiger charge is -2.04. The molecule has 4 N–H and O–H groups in total. The third kappa shape index (κ3) is 2.34. The van der Waals surface area contributed by atoms with E-state index in [4.69, 9.17) is 5.73 Å². The lowest BCUT2D eigenvalue weighted by atomic mass is 10.2. The van der Waals surface area contributed by atoms with Crippen LogP contribution in [0.3, 0.4) is 0 Å². The highest BCUT2D eigenvalue weighted by atomic mass is 32.1. The summed E-state index contributed by atoms with van der Waals surface area (Å²) < 4.78 is 0. The smallest absolute Gasteiger partial charge is 0.263 e. The zero-order valence-corrected chi connectivity index (χ0v) is 14.4. The number of thiophene rings is 1. The number of nitrogen functional groups attached to an aromatic ring is 1. The molecule has 0 radical (unpaired) electrons. The van der Waals surface area contributed by atoms with Crippen LogP contribution >= 0.6 is 11.3 Å². The Morgan fingerprint density at radius 2 is 2.17 bits per heavy atom. The molecule has 3 heterocycles. The first-order valence-corrected chi connectivity index (χ1v) is 8.72. The molecular weight excluding hydrogens is 324 g/mol. The van der Waals surface area contributed by atoms with Gasteiger partial charge in [0.1, 0.15) is 15.5 Å². The fourth-order valence-corrected chi connectivity index (χ4v) is 4.39. The van der Waals surface area contributed by atoms with Crippen LogP contribution in [0.4, 0.5) is 5.69 Å². The van der Waals surface area contributed by atoms with Crippen LogP contribution in [0.1, 0.15) is 44.6 Å². The number of hydrogen-bond acceptors (Lipinski definition) is 6. The highest BCUT2D eigenvalue weighted by Crippen LogP contribution is 2.34. The first-order chi connectivity index (χ1) is 11.5. The zero-order valence-electron chi connectivity index (χ0n) is 13.6. The summed E-state index contributed by atoms with van der Waals surface area (Å²) in [6, 6.07) is 0. The van der Waals surface area contributed by atoms with E-state index in [1.54, 1.807) is 0 Å². The van der Waals surface area contributed by atoms with Gasteiger partial charge in [0.15, 0.2) is 0 Å². The van der Waals surface area contributed by atoms with Crippen LogP contribution in [0.5, 0.6) is 0 Å². The van der Waals surface area contributed by atoms with Crippen molar-refractivity contribution in [2.45, 2.75) is 39.7 Å². The van der Waals surface area contributed by atoms with Gasteiger partial charge in [0.25, 0.3) is 5.91 Å². The fourth-order valence-electron chi connectivity index (χ4n) is 3.28. The number of nitrogens with two attached hydrogens (primary N) is 1. The Morgan fingerprint density at radius 3 is 3.00 bits per heavy atom. The normalized spacial score (nSPS) is 13.4. The number of nitrogens with one attached hydrogen (secondary N) is 2. The van der Waals surface area contributed by atoms with Crippen LogP contribution in [0.15, 0.2) is 0 Å². The van der Waals surface area contributed by atoms with Crippen molar-refractivity contribution >= 4 is 33.1 Å². The summed E-state index contributed by atoms with van der Waals surface area (Å²) in [6.45, 7) is 4.12. The molecule has 0 spiro atoms. The van der Waals surface area contributed by atoms with Gasteiger partial charge in [-0.25, -0.2) is 9.97 Å². The van der Waals surface area contributed by atoms with Gasteiger partial charge in [0.05, 0.1) is 29.0 Å². The molecule has 3 aromatic heterocycles. The van der Waals surface area contributed by atoms with E-state index in [9.17, 15) is 4.79 Å². The van der Waals surface area contributed by atoms with Crippen molar-refractivity contribution in [1.29, 1.82) is 0 Å². The highest BCUT2D eigenvalue weighted by molar-refractivity contribution is 7.21. The number of amides is 1. The molecule has 124 valence electrons. The summed E-state index contributed by atoms with van der Waals surface area (Å²) in [6.07, 6.45) is 3.21. The highest BCUT2D eigenvalue weighted by Gasteiger charge is 2.22. The number of H-pyrrole nitrogens is 1. The second kappa shape index (κ2) is 5.55. The van der Waals surface area contributed by atoms with Gasteiger partial charge in [0.2, 0.25) is 0 Å². The topological polar surface area (TPSA) is 110 Å². The van der Waals surface area contributed by atoms with Gasteiger partial charge in [0, 0.05) is 5.69 Å². The molecular formula is C16H18N6OS. The van der Waals surface area contributed by atoms with Gasteiger partial charge < -0.3 is 11.1 Å². The maximum atomic E-state index is 12.6. The van der Waals surface area contributed by atoms with Crippen molar-refractivity contribution < 1.29 is 4.79 Å². The summed E-state index contributed by atoms with van der Waals surface area (Å²) in [5.74, 6) is 0.489. The van der Waals surface area contributed by atoms with E-state index < -0.39 is 0 Å². The molecule has 0 aromatic carbocycles. The lowest BCUT2D eigenvalue weighted by molar-refractivity contribution is 0.0955. The third-order valence-electron chi connectivity index (χ3n) is 4.40. The number of nitrogens with zero attached hydrogens (tertiary/aromatic N) is 3.